The molecule has 0 radical (unpaired) electrons. The third kappa shape index (κ3) is 1.98. The molecule has 5 heteroatoms. The highest BCUT2D eigenvalue weighted by Gasteiger charge is 2.71. The molecule has 4 N–H and O–H groups in total. The van der Waals surface area contributed by atoms with Gasteiger partial charge in [-0.1, -0.05) is 6.92 Å². The summed E-state index contributed by atoms with van der Waals surface area (Å²) in [5.74, 6) is -0.885. The Kier molecular flexibility index (Phi) is 3.69. The Balaban J connectivity index is 1.80. The molecular weight excluding hydrogens is 320 g/mol. The van der Waals surface area contributed by atoms with Crippen LogP contribution in [0.15, 0.2) is 0 Å². The largest absolute Gasteiger partial charge is 0.481 e. The molecule has 4 aliphatic rings. The van der Waals surface area contributed by atoms with E-state index < -0.39 is 29.0 Å². The third-order valence-corrected chi connectivity index (χ3v) is 9.35. The molecule has 4 fully saturated rings. The standard InChI is InChI=1S/C20H32O5/c1-17(16(24)25)5-4-14(22)18(2)12-3-6-19(11-21)7-8-20(12,10-19)15(23)9-13(17)18/h12-15,21-23H,3-11H2,1-2H3,(H,24,25)/t12-,13+,14-,15-,17+,18-,19-,20+/m0/s1. The van der Waals surface area contributed by atoms with Gasteiger partial charge in [0.1, 0.15) is 0 Å². The van der Waals surface area contributed by atoms with E-state index in [0.717, 1.165) is 32.1 Å². The maximum atomic E-state index is 12.1. The molecule has 0 aromatic rings. The summed E-state index contributed by atoms with van der Waals surface area (Å²) in [6.07, 6.45) is 4.83. The van der Waals surface area contributed by atoms with Crippen LogP contribution in [0.2, 0.25) is 0 Å². The molecule has 0 amide bonds. The summed E-state index contributed by atoms with van der Waals surface area (Å²) in [6, 6.07) is 0. The first-order chi connectivity index (χ1) is 11.6. The highest BCUT2D eigenvalue weighted by Crippen LogP contribution is 2.73. The number of hydrogen-bond donors (Lipinski definition) is 4. The van der Waals surface area contributed by atoms with E-state index in [4.69, 9.17) is 0 Å². The minimum absolute atomic E-state index is 0.0730. The van der Waals surface area contributed by atoms with E-state index in [-0.39, 0.29) is 29.3 Å². The minimum atomic E-state index is -0.888. The lowest BCUT2D eigenvalue weighted by molar-refractivity contribution is -0.243. The first-order valence-corrected chi connectivity index (χ1v) is 9.85. The van der Waals surface area contributed by atoms with Gasteiger partial charge in [0.25, 0.3) is 0 Å². The van der Waals surface area contributed by atoms with Gasteiger partial charge in [-0.3, -0.25) is 4.79 Å². The van der Waals surface area contributed by atoms with Crippen LogP contribution in [0.5, 0.6) is 0 Å². The summed E-state index contributed by atoms with van der Waals surface area (Å²) in [5, 5.41) is 42.1. The van der Waals surface area contributed by atoms with Gasteiger partial charge in [0.05, 0.1) is 17.6 Å². The maximum absolute atomic E-state index is 12.1. The van der Waals surface area contributed by atoms with E-state index in [1.807, 2.05) is 6.92 Å². The Morgan fingerprint density at radius 2 is 1.72 bits per heavy atom. The lowest BCUT2D eigenvalue weighted by atomic mass is 9.39. The normalized spacial score (nSPS) is 57.6. The molecule has 1 spiro atoms. The zero-order valence-electron chi connectivity index (χ0n) is 15.4. The fraction of sp³-hybridized carbons (Fsp3) is 0.950. The minimum Gasteiger partial charge on any atom is -0.481 e. The molecule has 0 unspecified atom stereocenters. The highest BCUT2D eigenvalue weighted by molar-refractivity contribution is 5.75. The van der Waals surface area contributed by atoms with Crippen LogP contribution in [0.25, 0.3) is 0 Å². The SMILES string of the molecule is C[C@]12[C@@H]3CC[C@]4(CO)CC[C@]3(C4)[C@@H](O)C[C@@H]1[C@](C)(C(=O)O)CC[C@@H]2O. The van der Waals surface area contributed by atoms with E-state index in [0.29, 0.717) is 19.3 Å². The molecule has 0 aliphatic heterocycles. The number of aliphatic hydroxyl groups is 3. The molecule has 5 nitrogen and oxygen atoms in total. The fourth-order valence-electron chi connectivity index (χ4n) is 7.83. The summed E-state index contributed by atoms with van der Waals surface area (Å²) in [4.78, 5) is 12.1. The van der Waals surface area contributed by atoms with Gasteiger partial charge in [0.15, 0.2) is 0 Å². The third-order valence-electron chi connectivity index (χ3n) is 9.35. The molecule has 0 aromatic heterocycles. The maximum Gasteiger partial charge on any atom is 0.309 e. The summed E-state index contributed by atoms with van der Waals surface area (Å²) < 4.78 is 0. The molecule has 25 heavy (non-hydrogen) atoms. The molecule has 8 atom stereocenters. The van der Waals surface area contributed by atoms with Crippen molar-refractivity contribution in [3.8, 4) is 0 Å². The van der Waals surface area contributed by atoms with Crippen LogP contribution in [0.1, 0.15) is 65.2 Å². The summed E-state index contributed by atoms with van der Waals surface area (Å²) in [6.45, 7) is 4.07. The average Bonchev–Trinajstić information content (AvgIpc) is 2.88. The van der Waals surface area contributed by atoms with Crippen LogP contribution in [0, 0.1) is 33.5 Å². The Hall–Kier alpha value is -0.650. The van der Waals surface area contributed by atoms with Crippen LogP contribution >= 0.6 is 0 Å². The van der Waals surface area contributed by atoms with Gasteiger partial charge in [-0.25, -0.2) is 0 Å². The van der Waals surface area contributed by atoms with Crippen LogP contribution in [0.3, 0.4) is 0 Å². The van der Waals surface area contributed by atoms with Crippen molar-refractivity contribution in [2.75, 3.05) is 6.61 Å². The number of aliphatic hydroxyl groups excluding tert-OH is 3. The summed E-state index contributed by atoms with van der Waals surface area (Å²) >= 11 is 0. The van der Waals surface area contributed by atoms with Crippen molar-refractivity contribution in [3.63, 3.8) is 0 Å². The smallest absolute Gasteiger partial charge is 0.309 e. The second kappa shape index (κ2) is 5.20. The van der Waals surface area contributed by atoms with E-state index in [1.165, 1.54) is 0 Å². The molecule has 142 valence electrons. The quantitative estimate of drug-likeness (QED) is 0.611. The van der Waals surface area contributed by atoms with Gasteiger partial charge in [-0.15, -0.1) is 0 Å². The first-order valence-electron chi connectivity index (χ1n) is 9.85. The molecule has 0 saturated heterocycles. The van der Waals surface area contributed by atoms with E-state index in [9.17, 15) is 25.2 Å². The van der Waals surface area contributed by atoms with Crippen LogP contribution < -0.4 is 0 Å². The van der Waals surface area contributed by atoms with Crippen molar-refractivity contribution in [1.82, 2.24) is 0 Å². The topological polar surface area (TPSA) is 98.0 Å². The van der Waals surface area contributed by atoms with Gasteiger partial charge >= 0.3 is 5.97 Å². The van der Waals surface area contributed by atoms with Gasteiger partial charge in [0, 0.05) is 17.4 Å². The molecule has 0 heterocycles. The summed E-state index contributed by atoms with van der Waals surface area (Å²) in [7, 11) is 0. The summed E-state index contributed by atoms with van der Waals surface area (Å²) in [5.41, 5.74) is -1.70. The van der Waals surface area contributed by atoms with Crippen molar-refractivity contribution in [2.24, 2.45) is 33.5 Å². The number of carbonyl (C=O) groups is 1. The van der Waals surface area contributed by atoms with Crippen LogP contribution in [-0.2, 0) is 4.79 Å². The average molecular weight is 352 g/mol. The highest BCUT2D eigenvalue weighted by atomic mass is 16.4. The molecule has 2 bridgehead atoms. The molecular formula is C20H32O5. The van der Waals surface area contributed by atoms with Crippen molar-refractivity contribution >= 4 is 5.97 Å². The van der Waals surface area contributed by atoms with E-state index >= 15 is 0 Å². The van der Waals surface area contributed by atoms with Crippen molar-refractivity contribution in [2.45, 2.75) is 77.4 Å². The van der Waals surface area contributed by atoms with Crippen molar-refractivity contribution in [1.29, 1.82) is 0 Å². The molecule has 0 aromatic carbocycles. The predicted molar refractivity (Wildman–Crippen MR) is 91.7 cm³/mol. The van der Waals surface area contributed by atoms with Gasteiger partial charge < -0.3 is 20.4 Å². The number of rotatable bonds is 2. The second-order valence-electron chi connectivity index (χ2n) is 10.1. The van der Waals surface area contributed by atoms with Gasteiger partial charge in [0.2, 0.25) is 0 Å². The molecule has 4 rings (SSSR count). The Labute approximate surface area is 149 Å². The number of aliphatic carboxylic acids is 1. The Morgan fingerprint density at radius 1 is 1.00 bits per heavy atom. The Bertz CT molecular complexity index is 593. The van der Waals surface area contributed by atoms with Crippen molar-refractivity contribution in [3.05, 3.63) is 0 Å². The van der Waals surface area contributed by atoms with Crippen molar-refractivity contribution < 1.29 is 25.2 Å². The number of hydrogen-bond acceptors (Lipinski definition) is 4. The molecule has 4 aliphatic carbocycles. The zero-order valence-corrected chi connectivity index (χ0v) is 15.4. The van der Waals surface area contributed by atoms with Gasteiger partial charge in [-0.2, -0.15) is 0 Å². The number of carboxylic acid groups (broad SMARTS) is 1. The lowest BCUT2D eigenvalue weighted by Gasteiger charge is -2.66. The lowest BCUT2D eigenvalue weighted by Crippen LogP contribution is -2.67. The number of fused-ring (bicyclic) bond motifs is 3. The second-order valence-corrected chi connectivity index (χ2v) is 10.1. The van der Waals surface area contributed by atoms with Crippen LogP contribution in [-0.4, -0.2) is 45.2 Å². The van der Waals surface area contributed by atoms with Gasteiger partial charge in [-0.05, 0) is 75.5 Å². The Morgan fingerprint density at radius 3 is 2.36 bits per heavy atom. The van der Waals surface area contributed by atoms with Crippen LogP contribution in [0.4, 0.5) is 0 Å². The zero-order chi connectivity index (χ0) is 18.3. The van der Waals surface area contributed by atoms with E-state index in [2.05, 4.69) is 6.92 Å². The first kappa shape index (κ1) is 17.7. The predicted octanol–water partition coefficient (Wildman–Crippen LogP) is 2.18. The number of carboxylic acids is 1. The monoisotopic (exact) mass is 352 g/mol. The molecule has 4 saturated carbocycles. The van der Waals surface area contributed by atoms with E-state index in [1.54, 1.807) is 0 Å². The fourth-order valence-corrected chi connectivity index (χ4v) is 7.83.